The molecular weight excluding hydrogens is 194 g/mol. The van der Waals surface area contributed by atoms with E-state index in [0.717, 1.165) is 19.3 Å². The van der Waals surface area contributed by atoms with E-state index in [4.69, 9.17) is 0 Å². The first kappa shape index (κ1) is 12.8. The largest absolute Gasteiger partial charge is 0.316 e. The maximum Gasteiger partial charge on any atom is 0.0243 e. The molecule has 0 aliphatic rings. The van der Waals surface area contributed by atoms with Crippen LogP contribution in [-0.4, -0.2) is 13.1 Å². The number of rotatable bonds is 5. The predicted molar refractivity (Wildman–Crippen MR) is 70.4 cm³/mol. The first-order chi connectivity index (χ1) is 7.77. The van der Waals surface area contributed by atoms with Crippen LogP contribution in [0.1, 0.15) is 30.9 Å². The van der Waals surface area contributed by atoms with Crippen LogP contribution < -0.4 is 5.32 Å². The first-order valence-corrected chi connectivity index (χ1v) is 5.89. The molecule has 0 heterocycles. The second-order valence-corrected chi connectivity index (χ2v) is 4.08. The molecule has 1 nitrogen and oxygen atoms in total. The van der Waals surface area contributed by atoms with Gasteiger partial charge in [0.1, 0.15) is 0 Å². The van der Waals surface area contributed by atoms with Crippen LogP contribution in [0.4, 0.5) is 0 Å². The van der Waals surface area contributed by atoms with Crippen LogP contribution in [-0.2, 0) is 6.42 Å². The Morgan fingerprint density at radius 3 is 2.69 bits per heavy atom. The van der Waals surface area contributed by atoms with Gasteiger partial charge in [-0.05, 0) is 44.9 Å². The van der Waals surface area contributed by atoms with E-state index >= 15 is 0 Å². The number of hydrogen-bond donors (Lipinski definition) is 1. The van der Waals surface area contributed by atoms with Gasteiger partial charge in [0.25, 0.3) is 0 Å². The minimum Gasteiger partial charge on any atom is -0.316 e. The Bertz CT molecular complexity index is 371. The van der Waals surface area contributed by atoms with Gasteiger partial charge in [-0.2, -0.15) is 0 Å². The molecule has 0 saturated carbocycles. The van der Waals surface area contributed by atoms with Crippen LogP contribution in [0, 0.1) is 18.8 Å². The highest BCUT2D eigenvalue weighted by molar-refractivity contribution is 5.25. The Labute approximate surface area is 99.3 Å². The first-order valence-electron chi connectivity index (χ1n) is 5.89. The van der Waals surface area contributed by atoms with Crippen molar-refractivity contribution >= 4 is 0 Å². The summed E-state index contributed by atoms with van der Waals surface area (Å²) in [5.41, 5.74) is 2.84. The van der Waals surface area contributed by atoms with E-state index in [1.807, 2.05) is 14.0 Å². The van der Waals surface area contributed by atoms with Crippen molar-refractivity contribution in [2.24, 2.45) is 0 Å². The Morgan fingerprint density at radius 1 is 1.31 bits per heavy atom. The Balaban J connectivity index is 2.48. The topological polar surface area (TPSA) is 12.0 Å². The van der Waals surface area contributed by atoms with E-state index < -0.39 is 0 Å². The van der Waals surface area contributed by atoms with Crippen molar-refractivity contribution in [1.29, 1.82) is 0 Å². The van der Waals surface area contributed by atoms with E-state index in [0.29, 0.717) is 6.04 Å². The van der Waals surface area contributed by atoms with Gasteiger partial charge in [-0.3, -0.25) is 0 Å². The zero-order chi connectivity index (χ0) is 11.8. The zero-order valence-electron chi connectivity index (χ0n) is 10.5. The molecule has 1 heteroatoms. The van der Waals surface area contributed by atoms with Crippen LogP contribution in [0.5, 0.6) is 0 Å². The van der Waals surface area contributed by atoms with Crippen molar-refractivity contribution in [3.63, 3.8) is 0 Å². The fourth-order valence-electron chi connectivity index (χ4n) is 1.79. The van der Waals surface area contributed by atoms with Crippen LogP contribution in [0.15, 0.2) is 24.3 Å². The molecular formula is C15H21N. The fourth-order valence-corrected chi connectivity index (χ4v) is 1.79. The molecule has 0 saturated heterocycles. The lowest BCUT2D eigenvalue weighted by atomic mass is 10.00. The Morgan fingerprint density at radius 2 is 2.06 bits per heavy atom. The van der Waals surface area contributed by atoms with Crippen molar-refractivity contribution in [1.82, 2.24) is 5.32 Å². The number of aryl methyl sites for hydroxylation is 2. The smallest absolute Gasteiger partial charge is 0.0243 e. The summed E-state index contributed by atoms with van der Waals surface area (Å²) in [4.78, 5) is 0. The monoisotopic (exact) mass is 215 g/mol. The van der Waals surface area contributed by atoms with Gasteiger partial charge in [0.05, 0.1) is 0 Å². The van der Waals surface area contributed by atoms with E-state index in [-0.39, 0.29) is 0 Å². The summed E-state index contributed by atoms with van der Waals surface area (Å²) in [6.45, 7) is 4.07. The fraction of sp³-hybridized carbons (Fsp3) is 0.467. The molecule has 0 fully saturated rings. The summed E-state index contributed by atoms with van der Waals surface area (Å²) < 4.78 is 0. The van der Waals surface area contributed by atoms with E-state index in [2.05, 4.69) is 48.3 Å². The summed E-state index contributed by atoms with van der Waals surface area (Å²) in [5, 5.41) is 3.32. The molecule has 0 bridgehead atoms. The zero-order valence-corrected chi connectivity index (χ0v) is 10.5. The SMILES string of the molecule is CC#CCC(CCc1ccccc1C)NC. The Hall–Kier alpha value is -1.26. The predicted octanol–water partition coefficient (Wildman–Crippen LogP) is 2.93. The van der Waals surface area contributed by atoms with Crippen LogP contribution >= 0.6 is 0 Å². The maximum atomic E-state index is 3.32. The van der Waals surface area contributed by atoms with Gasteiger partial charge < -0.3 is 5.32 Å². The lowest BCUT2D eigenvalue weighted by Crippen LogP contribution is -2.25. The van der Waals surface area contributed by atoms with Crippen molar-refractivity contribution in [2.45, 2.75) is 39.2 Å². The van der Waals surface area contributed by atoms with E-state index in [1.54, 1.807) is 0 Å². The average molecular weight is 215 g/mol. The third-order valence-electron chi connectivity index (χ3n) is 2.96. The maximum absolute atomic E-state index is 3.32. The molecule has 16 heavy (non-hydrogen) atoms. The highest BCUT2D eigenvalue weighted by Crippen LogP contribution is 2.11. The summed E-state index contributed by atoms with van der Waals surface area (Å²) in [5.74, 6) is 6.09. The van der Waals surface area contributed by atoms with Crippen LogP contribution in [0.2, 0.25) is 0 Å². The molecule has 0 aliphatic carbocycles. The number of benzene rings is 1. The number of nitrogens with one attached hydrogen (secondary N) is 1. The van der Waals surface area contributed by atoms with E-state index in [1.165, 1.54) is 11.1 Å². The summed E-state index contributed by atoms with van der Waals surface area (Å²) in [6, 6.07) is 9.11. The molecule has 0 amide bonds. The molecule has 1 N–H and O–H groups in total. The van der Waals surface area contributed by atoms with Gasteiger partial charge in [-0.1, -0.05) is 24.3 Å². The molecule has 1 unspecified atom stereocenters. The normalized spacial score (nSPS) is 11.7. The third-order valence-corrected chi connectivity index (χ3v) is 2.96. The van der Waals surface area contributed by atoms with Crippen LogP contribution in [0.25, 0.3) is 0 Å². The molecule has 0 aromatic heterocycles. The highest BCUT2D eigenvalue weighted by Gasteiger charge is 2.05. The second kappa shape index (κ2) is 7.09. The van der Waals surface area contributed by atoms with Gasteiger partial charge >= 0.3 is 0 Å². The molecule has 1 aromatic carbocycles. The lowest BCUT2D eigenvalue weighted by Gasteiger charge is -2.13. The molecule has 1 rings (SSSR count). The van der Waals surface area contributed by atoms with Gasteiger partial charge in [0.2, 0.25) is 0 Å². The van der Waals surface area contributed by atoms with Crippen molar-refractivity contribution in [3.05, 3.63) is 35.4 Å². The second-order valence-electron chi connectivity index (χ2n) is 4.08. The summed E-state index contributed by atoms with van der Waals surface area (Å²) >= 11 is 0. The molecule has 0 radical (unpaired) electrons. The van der Waals surface area contributed by atoms with Crippen LogP contribution in [0.3, 0.4) is 0 Å². The summed E-state index contributed by atoms with van der Waals surface area (Å²) in [7, 11) is 2.01. The summed E-state index contributed by atoms with van der Waals surface area (Å²) in [6.07, 6.45) is 3.22. The molecule has 0 aliphatic heterocycles. The highest BCUT2D eigenvalue weighted by atomic mass is 14.9. The van der Waals surface area contributed by atoms with Gasteiger partial charge in [0.15, 0.2) is 0 Å². The lowest BCUT2D eigenvalue weighted by molar-refractivity contribution is 0.533. The van der Waals surface area contributed by atoms with Crippen molar-refractivity contribution < 1.29 is 0 Å². The molecule has 1 aromatic rings. The average Bonchev–Trinajstić information content (AvgIpc) is 2.31. The van der Waals surface area contributed by atoms with Crippen molar-refractivity contribution in [3.8, 4) is 11.8 Å². The number of hydrogen-bond acceptors (Lipinski definition) is 1. The van der Waals surface area contributed by atoms with Gasteiger partial charge in [-0.15, -0.1) is 11.8 Å². The standard InChI is InChI=1S/C15H21N/c1-4-5-10-15(16-3)12-11-14-9-7-6-8-13(14)2/h6-9,15-16H,10-12H2,1-3H3. The minimum absolute atomic E-state index is 0.507. The molecule has 1 atom stereocenters. The van der Waals surface area contributed by atoms with Crippen molar-refractivity contribution in [2.75, 3.05) is 7.05 Å². The minimum atomic E-state index is 0.507. The molecule has 86 valence electrons. The quantitative estimate of drug-likeness (QED) is 0.745. The third kappa shape index (κ3) is 4.08. The van der Waals surface area contributed by atoms with Gasteiger partial charge in [-0.25, -0.2) is 0 Å². The molecule has 0 spiro atoms. The van der Waals surface area contributed by atoms with E-state index in [9.17, 15) is 0 Å². The Kier molecular flexibility index (Phi) is 5.67. The van der Waals surface area contributed by atoms with Gasteiger partial charge in [0, 0.05) is 12.5 Å².